The van der Waals surface area contributed by atoms with Crippen LogP contribution in [0.25, 0.3) is 0 Å². The van der Waals surface area contributed by atoms with Crippen LogP contribution >= 0.6 is 0 Å². The Kier molecular flexibility index (Phi) is 6.87. The maximum Gasteiger partial charge on any atom is 0.237 e. The molecule has 1 fully saturated rings. The molecule has 1 amide bonds. The molecule has 2 N–H and O–H groups in total. The quantitative estimate of drug-likeness (QED) is 0.610. The molecule has 1 aliphatic heterocycles. The van der Waals surface area contributed by atoms with Gasteiger partial charge in [-0.2, -0.15) is 0 Å². The molecular weight excluding hydrogens is 282 g/mol. The average Bonchev–Trinajstić information content (AvgIpc) is 2.88. The van der Waals surface area contributed by atoms with Crippen molar-refractivity contribution in [2.45, 2.75) is 32.4 Å². The van der Waals surface area contributed by atoms with Crippen LogP contribution in [0.4, 0.5) is 0 Å². The lowest BCUT2D eigenvalue weighted by Crippen LogP contribution is -2.44. The van der Waals surface area contributed by atoms with Crippen LogP contribution in [0.15, 0.2) is 0 Å². The van der Waals surface area contributed by atoms with Gasteiger partial charge in [0.25, 0.3) is 0 Å². The predicted octanol–water partition coefficient (Wildman–Crippen LogP) is -0.849. The smallest absolute Gasteiger partial charge is 0.237 e. The molecule has 0 bridgehead atoms. The number of carbonyl (C=O) groups is 1. The highest BCUT2D eigenvalue weighted by Crippen LogP contribution is 2.05. The second-order valence-corrected chi connectivity index (χ2v) is 7.14. The van der Waals surface area contributed by atoms with Crippen LogP contribution < -0.4 is 10.0 Å². The molecule has 1 rings (SSSR count). The van der Waals surface area contributed by atoms with Gasteiger partial charge < -0.3 is 15.0 Å². The summed E-state index contributed by atoms with van der Waals surface area (Å²) < 4.78 is 30.9. The van der Waals surface area contributed by atoms with Gasteiger partial charge in [-0.3, -0.25) is 4.79 Å². The minimum atomic E-state index is -3.47. The molecule has 0 radical (unpaired) electrons. The maximum absolute atomic E-state index is 11.9. The summed E-state index contributed by atoms with van der Waals surface area (Å²) in [6.45, 7) is 5.26. The van der Waals surface area contributed by atoms with Crippen molar-refractivity contribution in [3.8, 4) is 0 Å². The Labute approximate surface area is 121 Å². The SMILES string of the molecule is CC(C)OCCS(=O)(=O)NCC(=O)N(C)C1CCNC1. The van der Waals surface area contributed by atoms with E-state index in [0.29, 0.717) is 0 Å². The van der Waals surface area contributed by atoms with Gasteiger partial charge in [-0.15, -0.1) is 0 Å². The number of amides is 1. The first-order valence-corrected chi connectivity index (χ1v) is 8.52. The normalized spacial score (nSPS) is 19.5. The molecule has 1 atom stereocenters. The molecule has 1 unspecified atom stereocenters. The minimum absolute atomic E-state index is 0.00664. The Hall–Kier alpha value is -0.700. The van der Waals surface area contributed by atoms with Crippen molar-refractivity contribution in [2.24, 2.45) is 0 Å². The van der Waals surface area contributed by atoms with Gasteiger partial charge in [-0.05, 0) is 26.8 Å². The third-order valence-electron chi connectivity index (χ3n) is 3.22. The van der Waals surface area contributed by atoms with E-state index in [2.05, 4.69) is 10.0 Å². The summed E-state index contributed by atoms with van der Waals surface area (Å²) in [6, 6.07) is 0.149. The largest absolute Gasteiger partial charge is 0.378 e. The van der Waals surface area contributed by atoms with Crippen molar-refractivity contribution in [1.82, 2.24) is 14.9 Å². The average molecular weight is 307 g/mol. The molecular formula is C12H25N3O4S. The van der Waals surface area contributed by atoms with Crippen molar-refractivity contribution >= 4 is 15.9 Å². The second kappa shape index (κ2) is 7.92. The third kappa shape index (κ3) is 6.17. The number of sulfonamides is 1. The molecule has 8 heteroatoms. The zero-order valence-corrected chi connectivity index (χ0v) is 13.2. The Morgan fingerprint density at radius 3 is 2.75 bits per heavy atom. The van der Waals surface area contributed by atoms with Crippen LogP contribution in [-0.2, 0) is 19.6 Å². The van der Waals surface area contributed by atoms with Gasteiger partial charge in [-0.25, -0.2) is 13.1 Å². The summed E-state index contributed by atoms with van der Waals surface area (Å²) in [5, 5.41) is 3.17. The van der Waals surface area contributed by atoms with Crippen LogP contribution in [0.5, 0.6) is 0 Å². The monoisotopic (exact) mass is 307 g/mol. The van der Waals surface area contributed by atoms with E-state index in [-0.39, 0.29) is 37.0 Å². The van der Waals surface area contributed by atoms with E-state index in [4.69, 9.17) is 4.74 Å². The fourth-order valence-electron chi connectivity index (χ4n) is 1.94. The lowest BCUT2D eigenvalue weighted by Gasteiger charge is -2.23. The van der Waals surface area contributed by atoms with E-state index in [0.717, 1.165) is 19.5 Å². The Bertz CT molecular complexity index is 405. The number of carbonyl (C=O) groups excluding carboxylic acids is 1. The summed E-state index contributed by atoms with van der Waals surface area (Å²) in [6.07, 6.45) is 0.893. The van der Waals surface area contributed by atoms with Crippen molar-refractivity contribution in [3.05, 3.63) is 0 Å². The van der Waals surface area contributed by atoms with E-state index in [1.807, 2.05) is 13.8 Å². The van der Waals surface area contributed by atoms with Gasteiger partial charge in [0.1, 0.15) is 0 Å². The Morgan fingerprint density at radius 2 is 2.20 bits per heavy atom. The van der Waals surface area contributed by atoms with Crippen molar-refractivity contribution in [1.29, 1.82) is 0 Å². The molecule has 7 nitrogen and oxygen atoms in total. The third-order valence-corrected chi connectivity index (χ3v) is 4.51. The summed E-state index contributed by atoms with van der Waals surface area (Å²) in [7, 11) is -1.76. The zero-order valence-electron chi connectivity index (χ0n) is 12.4. The molecule has 1 heterocycles. The molecule has 0 aromatic heterocycles. The highest BCUT2D eigenvalue weighted by Gasteiger charge is 2.23. The fourth-order valence-corrected chi connectivity index (χ4v) is 2.74. The number of nitrogens with zero attached hydrogens (tertiary/aromatic N) is 1. The molecule has 0 aliphatic carbocycles. The first-order chi connectivity index (χ1) is 9.32. The van der Waals surface area contributed by atoms with Crippen LogP contribution in [0, 0.1) is 0 Å². The number of ether oxygens (including phenoxy) is 1. The van der Waals surface area contributed by atoms with Crippen molar-refractivity contribution < 1.29 is 17.9 Å². The molecule has 1 aliphatic rings. The topological polar surface area (TPSA) is 87.7 Å². The van der Waals surface area contributed by atoms with Crippen LogP contribution in [0.3, 0.4) is 0 Å². The first kappa shape index (κ1) is 17.4. The summed E-state index contributed by atoms with van der Waals surface area (Å²) in [5.41, 5.74) is 0. The molecule has 0 aromatic rings. The van der Waals surface area contributed by atoms with Gasteiger partial charge in [0, 0.05) is 19.6 Å². The van der Waals surface area contributed by atoms with Crippen LogP contribution in [-0.4, -0.2) is 70.4 Å². The molecule has 118 valence electrons. The van der Waals surface area contributed by atoms with Crippen LogP contribution in [0.2, 0.25) is 0 Å². The first-order valence-electron chi connectivity index (χ1n) is 6.87. The zero-order chi connectivity index (χ0) is 15.2. The van der Waals surface area contributed by atoms with Gasteiger partial charge in [0.2, 0.25) is 15.9 Å². The van der Waals surface area contributed by atoms with Gasteiger partial charge in [0.05, 0.1) is 25.0 Å². The Balaban J connectivity index is 2.31. The molecule has 20 heavy (non-hydrogen) atoms. The number of likely N-dealkylation sites (N-methyl/N-ethyl adjacent to an activating group) is 1. The van der Waals surface area contributed by atoms with Gasteiger partial charge in [0.15, 0.2) is 0 Å². The van der Waals surface area contributed by atoms with Crippen molar-refractivity contribution in [2.75, 3.05) is 39.0 Å². The minimum Gasteiger partial charge on any atom is -0.378 e. The summed E-state index contributed by atoms with van der Waals surface area (Å²) >= 11 is 0. The van der Waals surface area contributed by atoms with E-state index < -0.39 is 10.0 Å². The van der Waals surface area contributed by atoms with E-state index in [9.17, 15) is 13.2 Å². The van der Waals surface area contributed by atoms with Crippen molar-refractivity contribution in [3.63, 3.8) is 0 Å². The van der Waals surface area contributed by atoms with E-state index in [1.54, 1.807) is 11.9 Å². The number of hydrogen-bond acceptors (Lipinski definition) is 5. The fraction of sp³-hybridized carbons (Fsp3) is 0.917. The lowest BCUT2D eigenvalue weighted by molar-refractivity contribution is -0.130. The predicted molar refractivity (Wildman–Crippen MR) is 76.9 cm³/mol. The molecule has 0 saturated carbocycles. The number of hydrogen-bond donors (Lipinski definition) is 2. The second-order valence-electron chi connectivity index (χ2n) is 5.21. The molecule has 0 spiro atoms. The highest BCUT2D eigenvalue weighted by atomic mass is 32.2. The lowest BCUT2D eigenvalue weighted by atomic mass is 10.2. The Morgan fingerprint density at radius 1 is 1.50 bits per heavy atom. The van der Waals surface area contributed by atoms with Gasteiger partial charge in [-0.1, -0.05) is 0 Å². The number of nitrogens with one attached hydrogen (secondary N) is 2. The van der Waals surface area contributed by atoms with Gasteiger partial charge >= 0.3 is 0 Å². The van der Waals surface area contributed by atoms with Crippen LogP contribution in [0.1, 0.15) is 20.3 Å². The number of rotatable bonds is 8. The summed E-state index contributed by atoms with van der Waals surface area (Å²) in [4.78, 5) is 13.5. The van der Waals surface area contributed by atoms with E-state index in [1.165, 1.54) is 0 Å². The molecule has 0 aromatic carbocycles. The van der Waals surface area contributed by atoms with E-state index >= 15 is 0 Å². The highest BCUT2D eigenvalue weighted by molar-refractivity contribution is 7.89. The molecule has 1 saturated heterocycles. The summed E-state index contributed by atoms with van der Waals surface area (Å²) in [5.74, 6) is -0.347. The maximum atomic E-state index is 11.9. The standard InChI is InChI=1S/C12H25N3O4S/c1-10(2)19-6-7-20(17,18)14-9-12(16)15(3)11-4-5-13-8-11/h10-11,13-14H,4-9H2,1-3H3.